The highest BCUT2D eigenvalue weighted by atomic mass is 28.4. The molecule has 0 aromatic carbocycles. The summed E-state index contributed by atoms with van der Waals surface area (Å²) >= 11 is 0. The first-order chi connectivity index (χ1) is 17.5. The predicted molar refractivity (Wildman–Crippen MR) is 164 cm³/mol. The Hall–Kier alpha value is -0.123. The molecule has 0 aromatic heterocycles. The van der Waals surface area contributed by atoms with Gasteiger partial charge in [-0.05, 0) is 148 Å². The molecule has 38 heavy (non-hydrogen) atoms. The highest BCUT2D eigenvalue weighted by Gasteiger charge is 2.61. The summed E-state index contributed by atoms with van der Waals surface area (Å²) in [6.45, 7) is 24.2. The van der Waals surface area contributed by atoms with Gasteiger partial charge in [0.15, 0.2) is 8.32 Å². The lowest BCUT2D eigenvalue weighted by Gasteiger charge is -2.59. The van der Waals surface area contributed by atoms with Crippen LogP contribution in [0.4, 0.5) is 0 Å². The number of fused-ring (bicyclic) bond motifs is 5. The van der Waals surface area contributed by atoms with Crippen molar-refractivity contribution in [3.05, 3.63) is 11.6 Å². The van der Waals surface area contributed by atoms with Gasteiger partial charge in [0, 0.05) is 6.10 Å². The molecule has 5 aliphatic rings. The first-order valence-electron chi connectivity index (χ1n) is 16.6. The van der Waals surface area contributed by atoms with E-state index in [0.29, 0.717) is 22.9 Å². The van der Waals surface area contributed by atoms with Crippen LogP contribution in [0, 0.1) is 52.3 Å². The van der Waals surface area contributed by atoms with Crippen LogP contribution in [-0.2, 0) is 4.43 Å². The molecule has 5 aliphatic carbocycles. The molecule has 1 N–H and O–H groups in total. The third kappa shape index (κ3) is 4.95. The lowest BCUT2D eigenvalue weighted by Crippen LogP contribution is -2.53. The van der Waals surface area contributed by atoms with Crippen molar-refractivity contribution in [2.24, 2.45) is 52.3 Å². The number of hydrogen-bond donors (Lipinski definition) is 1. The smallest absolute Gasteiger partial charge is 0.192 e. The fourth-order valence-electron chi connectivity index (χ4n) is 10.4. The Bertz CT molecular complexity index is 913. The Morgan fingerprint density at radius 2 is 1.74 bits per heavy atom. The molecule has 0 aliphatic heterocycles. The van der Waals surface area contributed by atoms with Gasteiger partial charge in [0.05, 0.1) is 5.60 Å². The van der Waals surface area contributed by atoms with Crippen molar-refractivity contribution < 1.29 is 9.53 Å². The molecule has 5 rings (SSSR count). The molecule has 0 unspecified atom stereocenters. The van der Waals surface area contributed by atoms with E-state index in [1.807, 2.05) is 0 Å². The summed E-state index contributed by atoms with van der Waals surface area (Å²) in [4.78, 5) is 0. The quantitative estimate of drug-likeness (QED) is 0.256. The van der Waals surface area contributed by atoms with Crippen molar-refractivity contribution in [3.8, 4) is 0 Å². The second-order valence-electron chi connectivity index (χ2n) is 17.4. The van der Waals surface area contributed by atoms with Gasteiger partial charge in [-0.15, -0.1) is 0 Å². The Balaban J connectivity index is 1.27. The lowest BCUT2D eigenvalue weighted by molar-refractivity contribution is -0.106. The lowest BCUT2D eigenvalue weighted by atomic mass is 9.46. The molecular formula is C35H62O2Si. The number of aliphatic hydroxyl groups is 1. The number of rotatable bonds is 7. The molecule has 4 fully saturated rings. The van der Waals surface area contributed by atoms with Crippen LogP contribution < -0.4 is 0 Å². The monoisotopic (exact) mass is 542 g/mol. The van der Waals surface area contributed by atoms with Crippen LogP contribution in [0.1, 0.15) is 126 Å². The summed E-state index contributed by atoms with van der Waals surface area (Å²) in [6, 6.07) is 0. The van der Waals surface area contributed by atoms with Gasteiger partial charge in [-0.1, -0.05) is 60.1 Å². The van der Waals surface area contributed by atoms with E-state index in [-0.39, 0.29) is 5.04 Å². The van der Waals surface area contributed by atoms with Crippen molar-refractivity contribution in [2.45, 2.75) is 156 Å². The first-order valence-corrected chi connectivity index (χ1v) is 19.5. The molecule has 0 bridgehead atoms. The number of allylic oxidation sites excluding steroid dienone is 1. The molecule has 218 valence electrons. The highest BCUT2D eigenvalue weighted by Crippen LogP contribution is 2.68. The molecular weight excluding hydrogens is 480 g/mol. The molecule has 0 aromatic rings. The van der Waals surface area contributed by atoms with E-state index in [1.165, 1.54) is 64.2 Å². The summed E-state index contributed by atoms with van der Waals surface area (Å²) in [6.07, 6.45) is 17.0. The SMILES string of the molecule is C[C@H](CC[C@](C)(O)[C@H]1CC[C@H]2[C@@H]3CC=C4C[C@@H](O[Si](C)(C)C(C)(C)C)CC[C@]4(C)[C@H]3CC[C@@]21C)[C@@H]1C[C@H]1C. The number of hydrogen-bond acceptors (Lipinski definition) is 2. The van der Waals surface area contributed by atoms with Crippen molar-refractivity contribution in [2.75, 3.05) is 0 Å². The van der Waals surface area contributed by atoms with Gasteiger partial charge in [0.2, 0.25) is 0 Å². The van der Waals surface area contributed by atoms with Crippen LogP contribution >= 0.6 is 0 Å². The van der Waals surface area contributed by atoms with Gasteiger partial charge in [0.1, 0.15) is 0 Å². The summed E-state index contributed by atoms with van der Waals surface area (Å²) in [7, 11) is -1.73. The van der Waals surface area contributed by atoms with Crippen LogP contribution in [0.2, 0.25) is 18.1 Å². The maximum atomic E-state index is 11.9. The molecule has 0 radical (unpaired) electrons. The highest BCUT2D eigenvalue weighted by molar-refractivity contribution is 6.74. The zero-order chi connectivity index (χ0) is 27.9. The van der Waals surface area contributed by atoms with Crippen molar-refractivity contribution in [1.29, 1.82) is 0 Å². The fourth-order valence-corrected chi connectivity index (χ4v) is 11.8. The molecule has 0 saturated heterocycles. The molecule has 3 heteroatoms. The molecule has 2 nitrogen and oxygen atoms in total. The van der Waals surface area contributed by atoms with E-state index >= 15 is 0 Å². The minimum Gasteiger partial charge on any atom is -0.414 e. The van der Waals surface area contributed by atoms with Crippen molar-refractivity contribution in [1.82, 2.24) is 0 Å². The first kappa shape index (κ1) is 29.4. The van der Waals surface area contributed by atoms with Crippen LogP contribution in [-0.4, -0.2) is 25.1 Å². The maximum absolute atomic E-state index is 11.9. The molecule has 0 spiro atoms. The average Bonchev–Trinajstić information content (AvgIpc) is 3.42. The van der Waals surface area contributed by atoms with E-state index in [4.69, 9.17) is 4.43 Å². The molecule has 4 saturated carbocycles. The van der Waals surface area contributed by atoms with Crippen molar-refractivity contribution in [3.63, 3.8) is 0 Å². The maximum Gasteiger partial charge on any atom is 0.192 e. The Morgan fingerprint density at radius 3 is 2.37 bits per heavy atom. The summed E-state index contributed by atoms with van der Waals surface area (Å²) in [5.74, 6) is 5.50. The molecule has 11 atom stereocenters. The van der Waals surface area contributed by atoms with Gasteiger partial charge >= 0.3 is 0 Å². The summed E-state index contributed by atoms with van der Waals surface area (Å²) in [5, 5.41) is 12.2. The van der Waals surface area contributed by atoms with E-state index in [9.17, 15) is 5.11 Å². The third-order valence-corrected chi connectivity index (χ3v) is 18.6. The third-order valence-electron chi connectivity index (χ3n) is 14.1. The Kier molecular flexibility index (Phi) is 7.51. The minimum atomic E-state index is -1.73. The molecule has 0 amide bonds. The van der Waals surface area contributed by atoms with E-state index < -0.39 is 13.9 Å². The summed E-state index contributed by atoms with van der Waals surface area (Å²) in [5.41, 5.74) is 1.91. The summed E-state index contributed by atoms with van der Waals surface area (Å²) < 4.78 is 6.94. The zero-order valence-corrected chi connectivity index (χ0v) is 27.8. The van der Waals surface area contributed by atoms with Crippen molar-refractivity contribution >= 4 is 8.32 Å². The van der Waals surface area contributed by atoms with Crippen LogP contribution in [0.3, 0.4) is 0 Å². The van der Waals surface area contributed by atoms with Crippen LogP contribution in [0.5, 0.6) is 0 Å². The largest absolute Gasteiger partial charge is 0.414 e. The second kappa shape index (κ2) is 9.72. The second-order valence-corrected chi connectivity index (χ2v) is 22.2. The van der Waals surface area contributed by atoms with E-state index in [0.717, 1.165) is 41.9 Å². The van der Waals surface area contributed by atoms with Crippen LogP contribution in [0.15, 0.2) is 11.6 Å². The standard InChI is InChI=1S/C35H62O2Si/c1-23(28-21-24(28)2)15-20-35(8,36)31-14-13-29-27-12-11-25-22-26(37-38(9,10)32(3,4)5)16-18-33(25,6)30(27)17-19-34(29,31)7/h11,23-24,26-31,36H,12-22H2,1-10H3/t23-,24-,26+,27+,28+,29+,30+,31+,33+,34+,35+/m1/s1. The molecule has 0 heterocycles. The van der Waals surface area contributed by atoms with E-state index in [1.54, 1.807) is 5.57 Å². The fraction of sp³-hybridized carbons (Fsp3) is 0.943. The Morgan fingerprint density at radius 1 is 1.05 bits per heavy atom. The average molecular weight is 543 g/mol. The predicted octanol–water partition coefficient (Wildman–Crippen LogP) is 9.78. The topological polar surface area (TPSA) is 29.5 Å². The normalized spacial score (nSPS) is 45.3. The van der Waals surface area contributed by atoms with Gasteiger partial charge in [-0.25, -0.2) is 0 Å². The minimum absolute atomic E-state index is 0.280. The van der Waals surface area contributed by atoms with Crippen LogP contribution in [0.25, 0.3) is 0 Å². The van der Waals surface area contributed by atoms with Gasteiger partial charge in [-0.2, -0.15) is 0 Å². The zero-order valence-electron chi connectivity index (χ0n) is 26.8. The Labute approximate surface area is 237 Å². The van der Waals surface area contributed by atoms with Gasteiger partial charge < -0.3 is 9.53 Å². The van der Waals surface area contributed by atoms with Gasteiger partial charge in [-0.3, -0.25) is 0 Å². The van der Waals surface area contributed by atoms with Gasteiger partial charge in [0.25, 0.3) is 0 Å². The van der Waals surface area contributed by atoms with E-state index in [2.05, 4.69) is 74.6 Å².